The lowest BCUT2D eigenvalue weighted by molar-refractivity contribution is -0.137. The molecule has 5 nitrogen and oxygen atoms in total. The second kappa shape index (κ2) is 12.0. The molecule has 0 radical (unpaired) electrons. The molecule has 0 aromatic carbocycles. The molecular formula is C21H34O5. The van der Waals surface area contributed by atoms with Crippen molar-refractivity contribution in [1.29, 1.82) is 0 Å². The summed E-state index contributed by atoms with van der Waals surface area (Å²) in [6.45, 7) is 4.13. The van der Waals surface area contributed by atoms with Crippen molar-refractivity contribution in [1.82, 2.24) is 0 Å². The normalized spacial score (nSPS) is 26.0. The molecule has 0 aliphatic heterocycles. The highest BCUT2D eigenvalue weighted by molar-refractivity contribution is 5.84. The molecule has 1 saturated carbocycles. The molecule has 1 aliphatic rings. The third-order valence-corrected chi connectivity index (χ3v) is 5.19. The number of unbranched alkanes of at least 4 members (excludes halogenated alkanes) is 1. The van der Waals surface area contributed by atoms with Crippen LogP contribution in [0.3, 0.4) is 0 Å². The van der Waals surface area contributed by atoms with Crippen LogP contribution in [0, 0.1) is 17.8 Å². The first kappa shape index (κ1) is 22.6. The van der Waals surface area contributed by atoms with Crippen molar-refractivity contribution in [3.8, 4) is 0 Å². The highest BCUT2D eigenvalue weighted by atomic mass is 16.4. The summed E-state index contributed by atoms with van der Waals surface area (Å²) in [5.41, 5.74) is 0. The summed E-state index contributed by atoms with van der Waals surface area (Å²) < 4.78 is 0. The molecule has 3 N–H and O–H groups in total. The number of carboxylic acid groups (broad SMARTS) is 1. The van der Waals surface area contributed by atoms with Crippen LogP contribution in [0.5, 0.6) is 0 Å². The number of carboxylic acids is 1. The topological polar surface area (TPSA) is 94.8 Å². The number of ketones is 1. The van der Waals surface area contributed by atoms with Crippen LogP contribution in [0.1, 0.15) is 65.2 Å². The van der Waals surface area contributed by atoms with Crippen LogP contribution < -0.4 is 0 Å². The molecule has 0 amide bonds. The predicted molar refractivity (Wildman–Crippen MR) is 102 cm³/mol. The summed E-state index contributed by atoms with van der Waals surface area (Å²) in [6.07, 6.45) is 11.3. The lowest BCUT2D eigenvalue weighted by Gasteiger charge is -2.18. The van der Waals surface area contributed by atoms with Crippen LogP contribution in [0.25, 0.3) is 0 Å². The molecule has 0 aromatic rings. The summed E-state index contributed by atoms with van der Waals surface area (Å²) >= 11 is 0. The van der Waals surface area contributed by atoms with E-state index in [9.17, 15) is 19.8 Å². The Balaban J connectivity index is 2.50. The van der Waals surface area contributed by atoms with Crippen molar-refractivity contribution in [3.63, 3.8) is 0 Å². The zero-order valence-electron chi connectivity index (χ0n) is 16.0. The van der Waals surface area contributed by atoms with Gasteiger partial charge >= 0.3 is 5.97 Å². The minimum atomic E-state index is -0.798. The van der Waals surface area contributed by atoms with Gasteiger partial charge in [-0.25, -0.2) is 0 Å². The van der Waals surface area contributed by atoms with Gasteiger partial charge in [-0.1, -0.05) is 44.6 Å². The van der Waals surface area contributed by atoms with Gasteiger partial charge in [0.25, 0.3) is 0 Å². The van der Waals surface area contributed by atoms with Crippen LogP contribution in [0.4, 0.5) is 0 Å². The average Bonchev–Trinajstić information content (AvgIpc) is 2.84. The fourth-order valence-electron chi connectivity index (χ4n) is 3.51. The van der Waals surface area contributed by atoms with Gasteiger partial charge in [-0.2, -0.15) is 0 Å². The smallest absolute Gasteiger partial charge is 0.303 e. The van der Waals surface area contributed by atoms with E-state index in [-0.39, 0.29) is 36.4 Å². The van der Waals surface area contributed by atoms with Gasteiger partial charge < -0.3 is 15.3 Å². The Morgan fingerprint density at radius 1 is 1.31 bits per heavy atom. The minimum Gasteiger partial charge on any atom is -0.481 e. The molecule has 0 spiro atoms. The van der Waals surface area contributed by atoms with Crippen LogP contribution in [-0.2, 0) is 9.59 Å². The fraction of sp³-hybridized carbons (Fsp3) is 0.714. The van der Waals surface area contributed by atoms with Crippen LogP contribution in [0.15, 0.2) is 24.3 Å². The van der Waals surface area contributed by atoms with E-state index in [0.717, 1.165) is 12.8 Å². The number of Topliss-reactive ketones (excluding diaryl/α,β-unsaturated/α-hetero) is 1. The molecule has 2 unspecified atom stereocenters. The first-order chi connectivity index (χ1) is 12.4. The highest BCUT2D eigenvalue weighted by Crippen LogP contribution is 2.33. The Bertz CT molecular complexity index is 497. The van der Waals surface area contributed by atoms with Gasteiger partial charge in [0.1, 0.15) is 5.78 Å². The van der Waals surface area contributed by atoms with Gasteiger partial charge in [-0.3, -0.25) is 9.59 Å². The molecule has 5 heteroatoms. The Morgan fingerprint density at radius 2 is 2.04 bits per heavy atom. The summed E-state index contributed by atoms with van der Waals surface area (Å²) in [4.78, 5) is 22.6. The molecule has 0 bridgehead atoms. The molecular weight excluding hydrogens is 332 g/mol. The number of carbonyl (C=O) groups excluding carboxylic acids is 1. The average molecular weight is 366 g/mol. The molecule has 1 rings (SSSR count). The van der Waals surface area contributed by atoms with E-state index in [0.29, 0.717) is 25.7 Å². The number of aliphatic hydroxyl groups is 2. The van der Waals surface area contributed by atoms with E-state index in [1.54, 1.807) is 0 Å². The molecule has 148 valence electrons. The fourth-order valence-corrected chi connectivity index (χ4v) is 3.51. The monoisotopic (exact) mass is 366 g/mol. The molecule has 1 aliphatic carbocycles. The third kappa shape index (κ3) is 7.83. The standard InChI is InChI=1S/C21H34O5/c1-3-9-15(2)18(22)12-8-11-17-16(19(23)14-20(17)24)10-6-4-5-7-13-21(25)26/h4,6,8,11,15-18,20,22,24H,3,5,7,9-10,12-14H2,1-2H3,(H,25,26)/b6-4-,11-8+/t15?,16-,17-,18?,20-/m1/s1. The first-order valence-corrected chi connectivity index (χ1v) is 9.79. The largest absolute Gasteiger partial charge is 0.481 e. The molecule has 0 aromatic heterocycles. The molecule has 5 atom stereocenters. The van der Waals surface area contributed by atoms with E-state index < -0.39 is 18.2 Å². The van der Waals surface area contributed by atoms with E-state index >= 15 is 0 Å². The van der Waals surface area contributed by atoms with Crippen molar-refractivity contribution < 1.29 is 24.9 Å². The van der Waals surface area contributed by atoms with Crippen LogP contribution in [-0.4, -0.2) is 39.3 Å². The zero-order valence-corrected chi connectivity index (χ0v) is 16.0. The van der Waals surface area contributed by atoms with Gasteiger partial charge in [0.2, 0.25) is 0 Å². The SMILES string of the molecule is CCCC(C)C(O)C/C=C/[C@H]1[C@H](O)CC(=O)[C@@H]1C/C=C\CCCC(=O)O. The second-order valence-electron chi connectivity index (χ2n) is 7.41. The van der Waals surface area contributed by atoms with Crippen LogP contribution in [0.2, 0.25) is 0 Å². The summed E-state index contributed by atoms with van der Waals surface area (Å²) in [6, 6.07) is 0. The Labute approximate surface area is 156 Å². The number of allylic oxidation sites excluding steroid dienone is 2. The summed E-state index contributed by atoms with van der Waals surface area (Å²) in [5.74, 6) is -0.929. The van der Waals surface area contributed by atoms with Gasteiger partial charge in [-0.15, -0.1) is 0 Å². The van der Waals surface area contributed by atoms with E-state index in [1.807, 2.05) is 31.2 Å². The van der Waals surface area contributed by atoms with Crippen molar-refractivity contribution in [2.75, 3.05) is 0 Å². The van der Waals surface area contributed by atoms with Gasteiger partial charge in [0.05, 0.1) is 12.2 Å². The van der Waals surface area contributed by atoms with Crippen molar-refractivity contribution >= 4 is 11.8 Å². The van der Waals surface area contributed by atoms with Crippen LogP contribution >= 0.6 is 0 Å². The number of aliphatic hydroxyl groups excluding tert-OH is 2. The van der Waals surface area contributed by atoms with E-state index in [1.165, 1.54) is 0 Å². The zero-order chi connectivity index (χ0) is 19.5. The highest BCUT2D eigenvalue weighted by Gasteiger charge is 2.39. The Morgan fingerprint density at radius 3 is 2.69 bits per heavy atom. The second-order valence-corrected chi connectivity index (χ2v) is 7.41. The summed E-state index contributed by atoms with van der Waals surface area (Å²) in [7, 11) is 0. The first-order valence-electron chi connectivity index (χ1n) is 9.79. The maximum Gasteiger partial charge on any atom is 0.303 e. The lowest BCUT2D eigenvalue weighted by Crippen LogP contribution is -2.19. The third-order valence-electron chi connectivity index (χ3n) is 5.19. The number of hydrogen-bond acceptors (Lipinski definition) is 4. The quantitative estimate of drug-likeness (QED) is 0.363. The number of hydrogen-bond donors (Lipinski definition) is 3. The van der Waals surface area contributed by atoms with Gasteiger partial charge in [-0.05, 0) is 38.0 Å². The van der Waals surface area contributed by atoms with Gasteiger partial charge in [0.15, 0.2) is 0 Å². The maximum atomic E-state index is 12.1. The van der Waals surface area contributed by atoms with Crippen molar-refractivity contribution in [2.45, 2.75) is 77.4 Å². The molecule has 0 saturated heterocycles. The lowest BCUT2D eigenvalue weighted by atomic mass is 9.89. The number of rotatable bonds is 12. The summed E-state index contributed by atoms with van der Waals surface area (Å²) in [5, 5.41) is 28.9. The predicted octanol–water partition coefficient (Wildman–Crippen LogP) is 3.50. The molecule has 1 fully saturated rings. The Hall–Kier alpha value is -1.46. The molecule has 0 heterocycles. The number of aliphatic carboxylic acids is 1. The maximum absolute atomic E-state index is 12.1. The Kier molecular flexibility index (Phi) is 10.4. The minimum absolute atomic E-state index is 0.0715. The van der Waals surface area contributed by atoms with E-state index in [4.69, 9.17) is 5.11 Å². The number of carbonyl (C=O) groups is 2. The van der Waals surface area contributed by atoms with Crippen molar-refractivity contribution in [3.05, 3.63) is 24.3 Å². The van der Waals surface area contributed by atoms with Crippen molar-refractivity contribution in [2.24, 2.45) is 17.8 Å². The van der Waals surface area contributed by atoms with Gasteiger partial charge in [0, 0.05) is 24.7 Å². The van der Waals surface area contributed by atoms with E-state index in [2.05, 4.69) is 6.92 Å². The molecule has 26 heavy (non-hydrogen) atoms.